The van der Waals surface area contributed by atoms with Crippen molar-refractivity contribution in [3.8, 4) is 17.4 Å². The molecule has 1 aromatic heterocycles. The minimum Gasteiger partial charge on any atom is -0.503 e. The van der Waals surface area contributed by atoms with E-state index in [-0.39, 0.29) is 0 Å². The summed E-state index contributed by atoms with van der Waals surface area (Å²) in [6.07, 6.45) is -4.45. The second kappa shape index (κ2) is 4.66. The van der Waals surface area contributed by atoms with E-state index < -0.39 is 34.5 Å². The molecule has 1 aromatic rings. The molecule has 0 radical (unpaired) electrons. The Hall–Kier alpha value is -1.70. The molecule has 5 nitrogen and oxygen atoms in total. The first-order valence-electron chi connectivity index (χ1n) is 3.97. The topological polar surface area (TPSA) is 68.7 Å². The number of aromatic nitrogens is 1. The minimum absolute atomic E-state index is 0.484. The van der Waals surface area contributed by atoms with Gasteiger partial charge in [0.15, 0.2) is 11.5 Å². The molecule has 94 valence electrons. The molecule has 1 heterocycles. The van der Waals surface area contributed by atoms with Crippen LogP contribution in [0.1, 0.15) is 10.4 Å². The number of carbonyl (C=O) groups is 1. The van der Waals surface area contributed by atoms with Crippen LogP contribution in [-0.4, -0.2) is 28.8 Å². The Bertz CT molecular complexity index is 449. The molecule has 9 heteroatoms. The average Bonchev–Trinajstić information content (AvgIpc) is 2.18. The van der Waals surface area contributed by atoms with Crippen molar-refractivity contribution in [2.24, 2.45) is 0 Å². The molecular formula is C8H5ClF3NO4. The van der Waals surface area contributed by atoms with Gasteiger partial charge in [0, 0.05) is 0 Å². The van der Waals surface area contributed by atoms with Crippen LogP contribution in [0.2, 0.25) is 0 Å². The summed E-state index contributed by atoms with van der Waals surface area (Å²) in [6.45, 7) is 0. The van der Waals surface area contributed by atoms with E-state index in [0.717, 1.165) is 7.11 Å². The lowest BCUT2D eigenvalue weighted by molar-refractivity contribution is -0.275. The molecule has 1 N–H and O–H groups in total. The van der Waals surface area contributed by atoms with Crippen molar-refractivity contribution >= 4 is 16.8 Å². The Kier molecular flexibility index (Phi) is 3.66. The summed E-state index contributed by atoms with van der Waals surface area (Å²) in [6, 6.07) is 0. The number of hydrogen-bond donors (Lipinski definition) is 1. The van der Waals surface area contributed by atoms with E-state index in [2.05, 4.69) is 14.5 Å². The fourth-order valence-corrected chi connectivity index (χ4v) is 1.18. The molecule has 0 aromatic carbocycles. The van der Waals surface area contributed by atoms with Gasteiger partial charge in [-0.25, -0.2) is 4.98 Å². The third-order valence-corrected chi connectivity index (χ3v) is 1.77. The van der Waals surface area contributed by atoms with Crippen LogP contribution in [0, 0.1) is 0 Å². The summed E-state index contributed by atoms with van der Waals surface area (Å²) in [5.41, 5.74) is -0.800. The normalized spacial score (nSPS) is 11.1. The van der Waals surface area contributed by atoms with E-state index in [4.69, 9.17) is 16.7 Å². The number of nitrogens with zero attached hydrogens (tertiary/aromatic N) is 1. The molecule has 0 aliphatic heterocycles. The molecule has 0 amide bonds. The maximum absolute atomic E-state index is 12.1. The van der Waals surface area contributed by atoms with E-state index in [0.29, 0.717) is 6.20 Å². The summed E-state index contributed by atoms with van der Waals surface area (Å²) >= 11 is 5.08. The lowest BCUT2D eigenvalue weighted by atomic mass is 10.2. The lowest BCUT2D eigenvalue weighted by Gasteiger charge is -2.14. The Morgan fingerprint density at radius 2 is 2.12 bits per heavy atom. The van der Waals surface area contributed by atoms with Gasteiger partial charge in [0.2, 0.25) is 5.88 Å². The molecule has 0 saturated carbocycles. The van der Waals surface area contributed by atoms with E-state index >= 15 is 0 Å². The van der Waals surface area contributed by atoms with Crippen molar-refractivity contribution in [3.63, 3.8) is 0 Å². The van der Waals surface area contributed by atoms with E-state index in [1.807, 2.05) is 0 Å². The number of aromatic hydroxyl groups is 1. The third-order valence-electron chi connectivity index (χ3n) is 1.59. The van der Waals surface area contributed by atoms with Gasteiger partial charge < -0.3 is 14.6 Å². The molecule has 0 spiro atoms. The molecule has 17 heavy (non-hydrogen) atoms. The molecule has 0 unspecified atom stereocenters. The number of pyridine rings is 1. The molecule has 0 bridgehead atoms. The van der Waals surface area contributed by atoms with Gasteiger partial charge in [0.25, 0.3) is 5.24 Å². The number of hydrogen-bond acceptors (Lipinski definition) is 5. The summed E-state index contributed by atoms with van der Waals surface area (Å²) in [5, 5.41) is 7.87. The largest absolute Gasteiger partial charge is 0.573 e. The van der Waals surface area contributed by atoms with Crippen molar-refractivity contribution in [3.05, 3.63) is 11.8 Å². The van der Waals surface area contributed by atoms with Gasteiger partial charge in [-0.2, -0.15) is 0 Å². The zero-order chi connectivity index (χ0) is 13.2. The Labute approximate surface area is 97.7 Å². The van der Waals surface area contributed by atoms with Gasteiger partial charge in [-0.05, 0) is 11.6 Å². The van der Waals surface area contributed by atoms with Gasteiger partial charge in [0.05, 0.1) is 13.3 Å². The molecule has 0 atom stereocenters. The number of rotatable bonds is 3. The molecular weight excluding hydrogens is 267 g/mol. The maximum Gasteiger partial charge on any atom is 0.573 e. The van der Waals surface area contributed by atoms with Crippen molar-refractivity contribution < 1.29 is 32.5 Å². The van der Waals surface area contributed by atoms with Crippen molar-refractivity contribution in [2.45, 2.75) is 6.36 Å². The average molecular weight is 272 g/mol. The van der Waals surface area contributed by atoms with Crippen LogP contribution in [0.3, 0.4) is 0 Å². The highest BCUT2D eigenvalue weighted by Gasteiger charge is 2.36. The van der Waals surface area contributed by atoms with Crippen molar-refractivity contribution in [2.75, 3.05) is 7.11 Å². The van der Waals surface area contributed by atoms with Gasteiger partial charge >= 0.3 is 6.36 Å². The highest BCUT2D eigenvalue weighted by Crippen LogP contribution is 2.38. The first kappa shape index (κ1) is 13.4. The number of methoxy groups -OCH3 is 1. The van der Waals surface area contributed by atoms with Crippen LogP contribution in [0.25, 0.3) is 0 Å². The van der Waals surface area contributed by atoms with Gasteiger partial charge in [-0.15, -0.1) is 13.2 Å². The highest BCUT2D eigenvalue weighted by molar-refractivity contribution is 6.68. The first-order valence-corrected chi connectivity index (χ1v) is 4.35. The van der Waals surface area contributed by atoms with E-state index in [9.17, 15) is 18.0 Å². The van der Waals surface area contributed by atoms with E-state index in [1.165, 1.54) is 0 Å². The molecule has 0 fully saturated rings. The molecule has 1 rings (SSSR count). The maximum atomic E-state index is 12.1. The highest BCUT2D eigenvalue weighted by atomic mass is 35.5. The summed E-state index contributed by atoms with van der Waals surface area (Å²) in [7, 11) is 1.07. The lowest BCUT2D eigenvalue weighted by Crippen LogP contribution is -2.19. The first-order chi connectivity index (χ1) is 7.76. The number of carbonyl (C=O) groups excluding carboxylic acids is 1. The quantitative estimate of drug-likeness (QED) is 0.852. The van der Waals surface area contributed by atoms with Crippen LogP contribution < -0.4 is 9.47 Å². The zero-order valence-corrected chi connectivity index (χ0v) is 8.96. The van der Waals surface area contributed by atoms with E-state index in [1.54, 1.807) is 0 Å². The van der Waals surface area contributed by atoms with Crippen LogP contribution >= 0.6 is 11.6 Å². The molecule has 0 aliphatic rings. The Balaban J connectivity index is 3.39. The van der Waals surface area contributed by atoms with Crippen LogP contribution in [-0.2, 0) is 0 Å². The standard InChI is InChI=1S/C8H5ClF3NO4/c1-16-7-4(6(9)15)5(3(14)2-13-7)17-8(10,11)12/h2,14H,1H3. The second-order valence-corrected chi connectivity index (χ2v) is 3.02. The minimum atomic E-state index is -5.09. The zero-order valence-electron chi connectivity index (χ0n) is 8.21. The SMILES string of the molecule is COc1ncc(O)c(OC(F)(F)F)c1C(=O)Cl. The number of halogens is 4. The Morgan fingerprint density at radius 3 is 2.53 bits per heavy atom. The summed E-state index contributed by atoms with van der Waals surface area (Å²) in [4.78, 5) is 14.4. The smallest absolute Gasteiger partial charge is 0.503 e. The summed E-state index contributed by atoms with van der Waals surface area (Å²) in [5.74, 6) is -2.61. The van der Waals surface area contributed by atoms with Gasteiger partial charge in [-0.1, -0.05) is 0 Å². The summed E-state index contributed by atoms with van der Waals surface area (Å²) < 4.78 is 44.2. The Morgan fingerprint density at radius 1 is 1.53 bits per heavy atom. The van der Waals surface area contributed by atoms with Gasteiger partial charge in [-0.3, -0.25) is 4.79 Å². The van der Waals surface area contributed by atoms with Crippen molar-refractivity contribution in [1.29, 1.82) is 0 Å². The fourth-order valence-electron chi connectivity index (χ4n) is 1.02. The molecule has 0 aliphatic carbocycles. The second-order valence-electron chi connectivity index (χ2n) is 2.68. The monoisotopic (exact) mass is 271 g/mol. The predicted octanol–water partition coefficient (Wildman–Crippen LogP) is 2.07. The number of alkyl halides is 3. The molecule has 0 saturated heterocycles. The third kappa shape index (κ3) is 3.13. The van der Waals surface area contributed by atoms with Crippen LogP contribution in [0.4, 0.5) is 13.2 Å². The van der Waals surface area contributed by atoms with Crippen molar-refractivity contribution in [1.82, 2.24) is 4.98 Å². The van der Waals surface area contributed by atoms with Crippen LogP contribution in [0.15, 0.2) is 6.20 Å². The predicted molar refractivity (Wildman–Crippen MR) is 49.3 cm³/mol. The fraction of sp³-hybridized carbons (Fsp3) is 0.250. The van der Waals surface area contributed by atoms with Crippen LogP contribution in [0.5, 0.6) is 17.4 Å². The number of ether oxygens (including phenoxy) is 2. The van der Waals surface area contributed by atoms with Gasteiger partial charge in [0.1, 0.15) is 5.56 Å².